The zero-order valence-corrected chi connectivity index (χ0v) is 52.9. The molecule has 3 saturated heterocycles. The maximum Gasteiger partial charge on any atom is 0.293 e. The van der Waals surface area contributed by atoms with E-state index in [-0.39, 0.29) is 46.6 Å². The third-order valence-electron chi connectivity index (χ3n) is 18.4. The summed E-state index contributed by atoms with van der Waals surface area (Å²) < 4.78 is 36.5. The Morgan fingerprint density at radius 2 is 1.62 bits per heavy atom. The number of benzene rings is 4. The fraction of sp³-hybridized carbons (Fsp3) is 0.435. The van der Waals surface area contributed by atoms with E-state index in [4.69, 9.17) is 16.3 Å². The van der Waals surface area contributed by atoms with Crippen LogP contribution in [0.2, 0.25) is 5.02 Å². The molecule has 1 atom stereocenters. The standard InChI is InChI=1S/C69H79ClN10O9S/c1-69(2)29-25-51(59(42-69)49-14-16-53(70)17-15-49)45-77-34-36-78(37-35-77)54-18-21-58(63(40-54)89-55-39-50-26-30-71-65(50)73-44-55)66(82)75-90(87,88)56-19-22-60(62(41-56)80(85)86)72-43-48-27-32-76(33-28-48)31-11-9-7-5-3-4-6-8-10-12-47-13-20-57-52(38-47)46-79(68(57)84)61-23-24-64(81)74-67(61)83/h13-22,26,30,38-41,44,48,61,72H,3-9,11,23-25,27-29,31-37,42-43,45-46H2,1-2H3,(H,71,73)(H,75,82)(H,74,81,83). The first-order valence-electron chi connectivity index (χ1n) is 31.7. The zero-order chi connectivity index (χ0) is 62.9. The number of fused-ring (bicyclic) bond motifs is 2. The maximum absolute atomic E-state index is 14.2. The number of anilines is 2. The first kappa shape index (κ1) is 63.5. The SMILES string of the molecule is CC1(C)CCC(CN2CCN(c3ccc(C(=O)NS(=O)(=O)c4ccc(NCC5CCN(CCCCCCCCCC#Cc6ccc7c(c6)CN(C6CCC(=O)NC6=O)C7=O)CC5)c([N+](=O)[O-])c4)c(Oc4cnc5[nH]ccc5c4)c3)CC2)=C(c2ccc(Cl)cc2)C1. The van der Waals surface area contributed by atoms with E-state index in [1.807, 2.05) is 30.3 Å². The number of likely N-dealkylation sites (tertiary alicyclic amines) is 1. The van der Waals surface area contributed by atoms with Gasteiger partial charge in [-0.05, 0) is 166 Å². The maximum atomic E-state index is 14.2. The number of halogens is 1. The number of hydrogen-bond donors (Lipinski definition) is 4. The van der Waals surface area contributed by atoms with Crippen molar-refractivity contribution in [2.75, 3.05) is 69.1 Å². The van der Waals surface area contributed by atoms with Crippen molar-refractivity contribution in [2.45, 2.75) is 128 Å². The number of sulfonamides is 1. The number of nitro benzene ring substituents is 1. The normalized spacial score (nSPS) is 18.3. The number of piperidine rings is 2. The number of aromatic nitrogens is 2. The van der Waals surface area contributed by atoms with E-state index in [0.29, 0.717) is 49.6 Å². The van der Waals surface area contributed by atoms with E-state index >= 15 is 0 Å². The molecule has 6 aromatic rings. The molecule has 1 aliphatic carbocycles. The number of hydrogen-bond acceptors (Lipinski definition) is 14. The molecule has 0 bridgehead atoms. The van der Waals surface area contributed by atoms with E-state index in [0.717, 1.165) is 137 Å². The lowest BCUT2D eigenvalue weighted by Gasteiger charge is -2.39. The minimum atomic E-state index is -4.61. The molecular formula is C69H79ClN10O9S. The zero-order valence-electron chi connectivity index (χ0n) is 51.3. The highest BCUT2D eigenvalue weighted by Crippen LogP contribution is 2.44. The van der Waals surface area contributed by atoms with E-state index in [1.165, 1.54) is 54.3 Å². The number of nitro groups is 1. The number of piperazine rings is 1. The molecule has 19 nitrogen and oxygen atoms in total. The monoisotopic (exact) mass is 1260 g/mol. The van der Waals surface area contributed by atoms with Crippen LogP contribution in [0.1, 0.15) is 148 Å². The molecule has 472 valence electrons. The van der Waals surface area contributed by atoms with Gasteiger partial charge < -0.3 is 29.7 Å². The summed E-state index contributed by atoms with van der Waals surface area (Å²) in [5.74, 6) is 5.41. The molecule has 0 saturated carbocycles. The van der Waals surface area contributed by atoms with Crippen molar-refractivity contribution in [3.8, 4) is 23.3 Å². The lowest BCUT2D eigenvalue weighted by Crippen LogP contribution is -2.52. The van der Waals surface area contributed by atoms with Crippen LogP contribution in [0.4, 0.5) is 17.1 Å². The second-order valence-electron chi connectivity index (χ2n) is 25.4. The van der Waals surface area contributed by atoms with Gasteiger partial charge in [-0.15, -0.1) is 0 Å². The van der Waals surface area contributed by atoms with E-state index in [2.05, 4.69) is 77.8 Å². The Morgan fingerprint density at radius 1 is 0.856 bits per heavy atom. The lowest BCUT2D eigenvalue weighted by molar-refractivity contribution is -0.384. The molecule has 4 amide bonds. The van der Waals surface area contributed by atoms with Gasteiger partial charge in [0.1, 0.15) is 28.9 Å². The molecule has 4 aromatic carbocycles. The predicted octanol–water partition coefficient (Wildman–Crippen LogP) is 11.9. The van der Waals surface area contributed by atoms with Crippen molar-refractivity contribution >= 4 is 78.9 Å². The van der Waals surface area contributed by atoms with Crippen molar-refractivity contribution in [1.82, 2.24) is 34.7 Å². The number of unbranched alkanes of at least 4 members (excludes halogenated alkanes) is 7. The van der Waals surface area contributed by atoms with Crippen LogP contribution >= 0.6 is 11.6 Å². The van der Waals surface area contributed by atoms with Crippen LogP contribution in [0.5, 0.6) is 11.5 Å². The van der Waals surface area contributed by atoms with Gasteiger partial charge in [0.05, 0.1) is 21.6 Å². The highest BCUT2D eigenvalue weighted by Gasteiger charge is 2.39. The summed E-state index contributed by atoms with van der Waals surface area (Å²) in [7, 11) is -4.61. The molecule has 5 aliphatic rings. The second kappa shape index (κ2) is 28.4. The largest absolute Gasteiger partial charge is 0.455 e. The number of allylic oxidation sites excluding steroid dienone is 1. The molecule has 3 fully saturated rings. The molecule has 11 rings (SSSR count). The van der Waals surface area contributed by atoms with Crippen LogP contribution in [0.3, 0.4) is 0 Å². The third-order valence-corrected chi connectivity index (χ3v) is 19.9. The number of aromatic amines is 1. The summed E-state index contributed by atoms with van der Waals surface area (Å²) in [6.45, 7) is 12.3. The summed E-state index contributed by atoms with van der Waals surface area (Å²) in [6, 6.07) is 25.5. The van der Waals surface area contributed by atoms with Gasteiger partial charge in [0.15, 0.2) is 0 Å². The van der Waals surface area contributed by atoms with Crippen LogP contribution in [-0.4, -0.2) is 127 Å². The average molecular weight is 1260 g/mol. The van der Waals surface area contributed by atoms with Crippen LogP contribution in [-0.2, 0) is 26.2 Å². The summed E-state index contributed by atoms with van der Waals surface area (Å²) in [5.41, 5.74) is 7.80. The van der Waals surface area contributed by atoms with E-state index in [1.54, 1.807) is 41.4 Å². The Hall–Kier alpha value is -8.09. The van der Waals surface area contributed by atoms with Crippen LogP contribution in [0.25, 0.3) is 16.6 Å². The Kier molecular flexibility index (Phi) is 20.0. The number of imide groups is 1. The average Bonchev–Trinajstić information content (AvgIpc) is 1.65. The van der Waals surface area contributed by atoms with Gasteiger partial charge in [-0.3, -0.25) is 39.5 Å². The Morgan fingerprint density at radius 3 is 2.39 bits per heavy atom. The summed E-state index contributed by atoms with van der Waals surface area (Å²) >= 11 is 6.28. The topological polar surface area (TPSA) is 233 Å². The molecule has 6 heterocycles. The number of nitrogens with one attached hydrogen (secondary N) is 4. The molecule has 90 heavy (non-hydrogen) atoms. The first-order valence-corrected chi connectivity index (χ1v) is 33.6. The van der Waals surface area contributed by atoms with E-state index < -0.39 is 43.4 Å². The number of nitrogens with zero attached hydrogens (tertiary/aromatic N) is 6. The molecule has 4 N–H and O–H groups in total. The van der Waals surface area contributed by atoms with Gasteiger partial charge in [0.25, 0.3) is 27.5 Å². The van der Waals surface area contributed by atoms with Gasteiger partial charge in [-0.1, -0.05) is 87.1 Å². The minimum absolute atomic E-state index is 0.0430. The third kappa shape index (κ3) is 15.7. The molecule has 4 aliphatic heterocycles. The number of rotatable bonds is 23. The van der Waals surface area contributed by atoms with Gasteiger partial charge in [-0.2, -0.15) is 0 Å². The summed E-state index contributed by atoms with van der Waals surface area (Å²) in [5, 5.41) is 19.6. The van der Waals surface area contributed by atoms with Gasteiger partial charge in [0, 0.05) is 104 Å². The summed E-state index contributed by atoms with van der Waals surface area (Å²) in [6.07, 6.45) is 17.6. The van der Waals surface area contributed by atoms with E-state index in [9.17, 15) is 37.7 Å². The number of carbonyl (C=O) groups is 4. The van der Waals surface area contributed by atoms with Gasteiger partial charge in [0.2, 0.25) is 11.8 Å². The molecular weight excluding hydrogens is 1180 g/mol. The smallest absolute Gasteiger partial charge is 0.293 e. The van der Waals surface area contributed by atoms with Gasteiger partial charge >= 0.3 is 0 Å². The van der Waals surface area contributed by atoms with Crippen LogP contribution < -0.4 is 25.0 Å². The summed E-state index contributed by atoms with van der Waals surface area (Å²) in [4.78, 5) is 78.9. The molecule has 1 unspecified atom stereocenters. The van der Waals surface area contributed by atoms with Crippen molar-refractivity contribution in [1.29, 1.82) is 0 Å². The molecule has 21 heteroatoms. The Balaban J connectivity index is 0.620. The number of ether oxygens (including phenoxy) is 1. The number of carbonyl (C=O) groups excluding carboxylic acids is 4. The predicted molar refractivity (Wildman–Crippen MR) is 349 cm³/mol. The lowest BCUT2D eigenvalue weighted by atomic mass is 9.72. The second-order valence-corrected chi connectivity index (χ2v) is 27.5. The first-order chi connectivity index (χ1) is 43.4. The minimum Gasteiger partial charge on any atom is -0.455 e. The Bertz CT molecular complexity index is 3880. The fourth-order valence-electron chi connectivity index (χ4n) is 13.1. The van der Waals surface area contributed by atoms with Crippen molar-refractivity contribution in [3.63, 3.8) is 0 Å². The fourth-order valence-corrected chi connectivity index (χ4v) is 14.2. The molecule has 2 aromatic heterocycles. The number of H-pyrrole nitrogens is 1. The highest BCUT2D eigenvalue weighted by molar-refractivity contribution is 7.90. The van der Waals surface area contributed by atoms with Crippen LogP contribution in [0, 0.1) is 33.3 Å². The Labute approximate surface area is 531 Å². The number of amides is 4. The van der Waals surface area contributed by atoms with Crippen molar-refractivity contribution in [3.05, 3.63) is 152 Å². The van der Waals surface area contributed by atoms with Crippen molar-refractivity contribution in [2.24, 2.45) is 11.3 Å². The van der Waals surface area contributed by atoms with Crippen molar-refractivity contribution < 1.29 is 37.3 Å². The molecule has 0 radical (unpaired) electrons. The van der Waals surface area contributed by atoms with Gasteiger partial charge in [-0.25, -0.2) is 18.1 Å². The highest BCUT2D eigenvalue weighted by atomic mass is 35.5. The number of pyridine rings is 1. The quantitative estimate of drug-likeness (QED) is 0.0154. The molecule has 0 spiro atoms. The van der Waals surface area contributed by atoms with Crippen LogP contribution in [0.15, 0.2) is 114 Å².